The van der Waals surface area contributed by atoms with E-state index in [2.05, 4.69) is 20.5 Å². The summed E-state index contributed by atoms with van der Waals surface area (Å²) in [7, 11) is 0. The van der Waals surface area contributed by atoms with Crippen LogP contribution in [0.1, 0.15) is 56.0 Å². The van der Waals surface area contributed by atoms with Gasteiger partial charge in [0.2, 0.25) is 11.8 Å². The van der Waals surface area contributed by atoms with Crippen molar-refractivity contribution in [3.8, 4) is 0 Å². The van der Waals surface area contributed by atoms with Gasteiger partial charge in [-0.2, -0.15) is 0 Å². The molecule has 0 spiro atoms. The van der Waals surface area contributed by atoms with Crippen LogP contribution in [0.25, 0.3) is 0 Å². The van der Waals surface area contributed by atoms with E-state index in [0.717, 1.165) is 18.7 Å². The van der Waals surface area contributed by atoms with Crippen LogP contribution in [0.15, 0.2) is 5.51 Å². The van der Waals surface area contributed by atoms with Gasteiger partial charge in [0.15, 0.2) is 0 Å². The molecule has 1 saturated carbocycles. The Hall–Kier alpha value is -1.47. The SMILES string of the molecule is CCNC(=O)[C@@H]1C[C@H](NC(=O)CCc2scnc2C)CN1C1CCCC1. The van der Waals surface area contributed by atoms with Gasteiger partial charge in [-0.3, -0.25) is 14.5 Å². The third-order valence-corrected chi connectivity index (χ3v) is 6.57. The second-order valence-electron chi connectivity index (χ2n) is 7.41. The van der Waals surface area contributed by atoms with Crippen LogP contribution in [0.2, 0.25) is 0 Å². The molecule has 1 aromatic rings. The Kier molecular flexibility index (Phi) is 6.64. The molecular formula is C19H30N4O2S. The quantitative estimate of drug-likeness (QED) is 0.761. The lowest BCUT2D eigenvalue weighted by Gasteiger charge is -2.29. The highest BCUT2D eigenvalue weighted by Crippen LogP contribution is 2.30. The van der Waals surface area contributed by atoms with Crippen molar-refractivity contribution in [2.45, 2.75) is 76.9 Å². The number of amides is 2. The monoisotopic (exact) mass is 378 g/mol. The van der Waals surface area contributed by atoms with E-state index in [1.54, 1.807) is 11.3 Å². The number of carbonyl (C=O) groups excluding carboxylic acids is 2. The zero-order chi connectivity index (χ0) is 18.5. The minimum absolute atomic E-state index is 0.0678. The van der Waals surface area contributed by atoms with Crippen LogP contribution in [0.4, 0.5) is 0 Å². The first kappa shape index (κ1) is 19.3. The highest BCUT2D eigenvalue weighted by atomic mass is 32.1. The van der Waals surface area contributed by atoms with Gasteiger partial charge in [-0.15, -0.1) is 11.3 Å². The third-order valence-electron chi connectivity index (χ3n) is 5.58. The number of carbonyl (C=O) groups is 2. The highest BCUT2D eigenvalue weighted by molar-refractivity contribution is 7.09. The number of hydrogen-bond acceptors (Lipinski definition) is 5. The van der Waals surface area contributed by atoms with Crippen molar-refractivity contribution in [2.24, 2.45) is 0 Å². The number of nitrogens with zero attached hydrogens (tertiary/aromatic N) is 2. The van der Waals surface area contributed by atoms with Gasteiger partial charge in [-0.1, -0.05) is 12.8 Å². The van der Waals surface area contributed by atoms with Crippen LogP contribution >= 0.6 is 11.3 Å². The summed E-state index contributed by atoms with van der Waals surface area (Å²) in [5.41, 5.74) is 2.85. The fourth-order valence-electron chi connectivity index (χ4n) is 4.25. The van der Waals surface area contributed by atoms with Gasteiger partial charge in [0.05, 0.1) is 17.2 Å². The molecule has 6 nitrogen and oxygen atoms in total. The highest BCUT2D eigenvalue weighted by Gasteiger charge is 2.41. The molecule has 0 radical (unpaired) electrons. The number of likely N-dealkylation sites (tertiary alicyclic amines) is 1. The molecule has 2 heterocycles. The van der Waals surface area contributed by atoms with Crippen LogP contribution in [-0.4, -0.2) is 52.9 Å². The maximum atomic E-state index is 12.5. The van der Waals surface area contributed by atoms with Crippen molar-refractivity contribution < 1.29 is 9.59 Å². The van der Waals surface area contributed by atoms with Gasteiger partial charge in [0.25, 0.3) is 0 Å². The molecule has 1 aliphatic heterocycles. The van der Waals surface area contributed by atoms with E-state index < -0.39 is 0 Å². The van der Waals surface area contributed by atoms with Crippen molar-refractivity contribution in [3.63, 3.8) is 0 Å². The first-order chi connectivity index (χ1) is 12.6. The van der Waals surface area contributed by atoms with Crippen molar-refractivity contribution in [3.05, 3.63) is 16.1 Å². The van der Waals surface area contributed by atoms with Gasteiger partial charge in [0.1, 0.15) is 0 Å². The fourth-order valence-corrected chi connectivity index (χ4v) is 5.03. The Morgan fingerprint density at radius 3 is 2.77 bits per heavy atom. The predicted molar refractivity (Wildman–Crippen MR) is 103 cm³/mol. The van der Waals surface area contributed by atoms with Gasteiger partial charge in [-0.25, -0.2) is 4.98 Å². The van der Waals surface area contributed by atoms with E-state index in [0.29, 0.717) is 25.4 Å². The van der Waals surface area contributed by atoms with E-state index >= 15 is 0 Å². The molecule has 2 amide bonds. The molecule has 1 aromatic heterocycles. The molecule has 26 heavy (non-hydrogen) atoms. The summed E-state index contributed by atoms with van der Waals surface area (Å²) < 4.78 is 0. The standard InChI is InChI=1S/C19H30N4O2S/c1-3-20-19(25)16-10-14(11-23(16)15-6-4-5-7-15)22-18(24)9-8-17-13(2)21-12-26-17/h12,14-16H,3-11H2,1-2H3,(H,20,25)(H,22,24)/t14-,16-/m0/s1. The molecule has 2 aliphatic rings. The maximum Gasteiger partial charge on any atom is 0.237 e. The third kappa shape index (κ3) is 4.62. The number of aromatic nitrogens is 1. The minimum atomic E-state index is -0.105. The molecule has 7 heteroatoms. The molecule has 0 aromatic carbocycles. The summed E-state index contributed by atoms with van der Waals surface area (Å²) in [5, 5.41) is 6.13. The Bertz CT molecular complexity index is 627. The number of nitrogens with one attached hydrogen (secondary N) is 2. The summed E-state index contributed by atoms with van der Waals surface area (Å²) in [4.78, 5) is 32.6. The Morgan fingerprint density at radius 1 is 1.35 bits per heavy atom. The molecule has 2 fully saturated rings. The minimum Gasteiger partial charge on any atom is -0.355 e. The largest absolute Gasteiger partial charge is 0.355 e. The second kappa shape index (κ2) is 8.95. The molecule has 2 atom stereocenters. The molecule has 0 bridgehead atoms. The lowest BCUT2D eigenvalue weighted by molar-refractivity contribution is -0.126. The molecule has 2 N–H and O–H groups in total. The van der Waals surface area contributed by atoms with Gasteiger partial charge >= 0.3 is 0 Å². The molecule has 3 rings (SSSR count). The molecule has 0 unspecified atom stereocenters. The summed E-state index contributed by atoms with van der Waals surface area (Å²) in [6.07, 6.45) is 6.76. The van der Waals surface area contributed by atoms with Crippen molar-refractivity contribution >= 4 is 23.2 Å². The molecular weight excluding hydrogens is 348 g/mol. The van der Waals surface area contributed by atoms with Crippen molar-refractivity contribution in [2.75, 3.05) is 13.1 Å². The van der Waals surface area contributed by atoms with E-state index in [1.807, 2.05) is 19.4 Å². The second-order valence-corrected chi connectivity index (χ2v) is 8.35. The van der Waals surface area contributed by atoms with Gasteiger partial charge in [-0.05, 0) is 39.5 Å². The van der Waals surface area contributed by atoms with Gasteiger partial charge in [0, 0.05) is 36.5 Å². The van der Waals surface area contributed by atoms with E-state index in [9.17, 15) is 9.59 Å². The Labute approximate surface area is 159 Å². The average Bonchev–Trinajstić information content (AvgIpc) is 3.33. The topological polar surface area (TPSA) is 74.3 Å². The number of rotatable bonds is 7. The molecule has 1 saturated heterocycles. The first-order valence-electron chi connectivity index (χ1n) is 9.80. The van der Waals surface area contributed by atoms with Crippen LogP contribution in [0, 0.1) is 6.92 Å². The Balaban J connectivity index is 1.55. The van der Waals surface area contributed by atoms with Gasteiger partial charge < -0.3 is 10.6 Å². The first-order valence-corrected chi connectivity index (χ1v) is 10.7. The number of thiazole rings is 1. The van der Waals surface area contributed by atoms with E-state index in [1.165, 1.54) is 30.6 Å². The molecule has 1 aliphatic carbocycles. The maximum absolute atomic E-state index is 12.5. The lowest BCUT2D eigenvalue weighted by atomic mass is 10.1. The lowest BCUT2D eigenvalue weighted by Crippen LogP contribution is -2.47. The zero-order valence-corrected chi connectivity index (χ0v) is 16.6. The predicted octanol–water partition coefficient (Wildman–Crippen LogP) is 2.02. The number of hydrogen-bond donors (Lipinski definition) is 2. The summed E-state index contributed by atoms with van der Waals surface area (Å²) in [6, 6.07) is 0.453. The molecule has 144 valence electrons. The van der Waals surface area contributed by atoms with Crippen LogP contribution in [0.3, 0.4) is 0 Å². The van der Waals surface area contributed by atoms with Crippen LogP contribution in [0.5, 0.6) is 0 Å². The van der Waals surface area contributed by atoms with Crippen molar-refractivity contribution in [1.29, 1.82) is 0 Å². The number of likely N-dealkylation sites (N-methyl/N-ethyl adjacent to an activating group) is 1. The van der Waals surface area contributed by atoms with Crippen molar-refractivity contribution in [1.82, 2.24) is 20.5 Å². The van der Waals surface area contributed by atoms with E-state index in [4.69, 9.17) is 0 Å². The Morgan fingerprint density at radius 2 is 2.12 bits per heavy atom. The van der Waals surface area contributed by atoms with Crippen LogP contribution < -0.4 is 10.6 Å². The fraction of sp³-hybridized carbons (Fsp3) is 0.737. The number of aryl methyl sites for hydroxylation is 2. The summed E-state index contributed by atoms with van der Waals surface area (Å²) in [6.45, 7) is 5.38. The van der Waals surface area contributed by atoms with E-state index in [-0.39, 0.29) is 23.9 Å². The summed E-state index contributed by atoms with van der Waals surface area (Å²) >= 11 is 1.61. The average molecular weight is 379 g/mol. The normalized spacial score (nSPS) is 24.1. The zero-order valence-electron chi connectivity index (χ0n) is 15.8. The van der Waals surface area contributed by atoms with Crippen LogP contribution in [-0.2, 0) is 16.0 Å². The smallest absolute Gasteiger partial charge is 0.237 e. The summed E-state index contributed by atoms with van der Waals surface area (Å²) in [5.74, 6) is 0.183.